The summed E-state index contributed by atoms with van der Waals surface area (Å²) < 4.78 is 11.2. The van der Waals surface area contributed by atoms with E-state index in [4.69, 9.17) is 9.47 Å². The van der Waals surface area contributed by atoms with Crippen molar-refractivity contribution in [2.75, 3.05) is 20.3 Å². The molecule has 0 aliphatic carbocycles. The van der Waals surface area contributed by atoms with Crippen molar-refractivity contribution in [3.63, 3.8) is 0 Å². The van der Waals surface area contributed by atoms with Crippen LogP contribution in [0.2, 0.25) is 0 Å². The second-order valence-electron chi connectivity index (χ2n) is 4.36. The maximum Gasteiger partial charge on any atom is 0.119 e. The van der Waals surface area contributed by atoms with Crippen molar-refractivity contribution in [2.24, 2.45) is 5.41 Å². The maximum atomic E-state index is 10.5. The minimum Gasteiger partial charge on any atom is -0.497 e. The van der Waals surface area contributed by atoms with Gasteiger partial charge in [-0.1, -0.05) is 15.9 Å². The van der Waals surface area contributed by atoms with Crippen molar-refractivity contribution in [3.8, 4) is 11.8 Å². The van der Waals surface area contributed by atoms with Crippen molar-refractivity contribution in [3.05, 3.63) is 28.2 Å². The van der Waals surface area contributed by atoms with Gasteiger partial charge in [0.15, 0.2) is 0 Å². The number of hydrogen-bond donors (Lipinski definition) is 1. The fourth-order valence-corrected chi connectivity index (χ4v) is 2.57. The quantitative estimate of drug-likeness (QED) is 0.931. The zero-order valence-corrected chi connectivity index (χ0v) is 11.6. The van der Waals surface area contributed by atoms with Crippen LogP contribution in [-0.4, -0.2) is 25.4 Å². The lowest BCUT2D eigenvalue weighted by Crippen LogP contribution is -2.28. The first kappa shape index (κ1) is 13.3. The molecule has 0 amide bonds. The first-order valence-electron chi connectivity index (χ1n) is 5.63. The minimum atomic E-state index is -0.894. The number of nitrogens with zero attached hydrogens (tertiary/aromatic N) is 1. The number of aliphatic hydroxyl groups excluding tert-OH is 1. The molecule has 5 heteroatoms. The van der Waals surface area contributed by atoms with Crippen molar-refractivity contribution in [2.45, 2.75) is 12.5 Å². The molecule has 1 fully saturated rings. The van der Waals surface area contributed by atoms with E-state index in [1.54, 1.807) is 25.3 Å². The molecule has 1 aromatic rings. The van der Waals surface area contributed by atoms with Crippen LogP contribution in [0.3, 0.4) is 0 Å². The molecule has 1 N–H and O–H groups in total. The third kappa shape index (κ3) is 2.24. The fourth-order valence-electron chi connectivity index (χ4n) is 2.10. The summed E-state index contributed by atoms with van der Waals surface area (Å²) in [7, 11) is 1.57. The van der Waals surface area contributed by atoms with Gasteiger partial charge in [0.2, 0.25) is 0 Å². The van der Waals surface area contributed by atoms with Crippen molar-refractivity contribution < 1.29 is 14.6 Å². The zero-order chi connectivity index (χ0) is 13.2. The molecule has 0 aromatic heterocycles. The number of methoxy groups -OCH3 is 1. The molecule has 4 nitrogen and oxygen atoms in total. The van der Waals surface area contributed by atoms with Gasteiger partial charge in [-0.25, -0.2) is 0 Å². The fraction of sp³-hybridized carbons (Fsp3) is 0.462. The maximum absolute atomic E-state index is 10.5. The van der Waals surface area contributed by atoms with Crippen LogP contribution >= 0.6 is 15.9 Å². The van der Waals surface area contributed by atoms with Crippen LogP contribution in [0.5, 0.6) is 5.75 Å². The highest BCUT2D eigenvalue weighted by molar-refractivity contribution is 9.10. The first-order chi connectivity index (χ1) is 8.63. The van der Waals surface area contributed by atoms with Gasteiger partial charge in [0, 0.05) is 16.6 Å². The summed E-state index contributed by atoms with van der Waals surface area (Å²) in [6, 6.07) is 7.55. The van der Waals surface area contributed by atoms with Crippen LogP contribution in [0.15, 0.2) is 22.7 Å². The van der Waals surface area contributed by atoms with E-state index in [1.165, 1.54) is 0 Å². The van der Waals surface area contributed by atoms with E-state index >= 15 is 0 Å². The van der Waals surface area contributed by atoms with E-state index in [0.717, 1.165) is 4.47 Å². The average molecular weight is 312 g/mol. The molecular formula is C13H14BrNO3. The molecule has 1 heterocycles. The Bertz CT molecular complexity index is 478. The van der Waals surface area contributed by atoms with E-state index in [0.29, 0.717) is 24.3 Å². The Hall–Kier alpha value is -1.09. The Balaban J connectivity index is 2.39. The highest BCUT2D eigenvalue weighted by Crippen LogP contribution is 2.43. The SMILES string of the molecule is COc1ccc(Br)c(C(O)C2(C#N)CCOC2)c1. The molecule has 1 aliphatic heterocycles. The average Bonchev–Trinajstić information content (AvgIpc) is 2.88. The van der Waals surface area contributed by atoms with Crippen molar-refractivity contribution in [1.29, 1.82) is 5.26 Å². The molecule has 96 valence electrons. The van der Waals surface area contributed by atoms with Crippen LogP contribution in [0.1, 0.15) is 18.1 Å². The molecule has 1 aromatic carbocycles. The minimum absolute atomic E-state index is 0.258. The zero-order valence-electron chi connectivity index (χ0n) is 10.0. The van der Waals surface area contributed by atoms with Crippen LogP contribution in [0.25, 0.3) is 0 Å². The van der Waals surface area contributed by atoms with Crippen molar-refractivity contribution in [1.82, 2.24) is 0 Å². The summed E-state index contributed by atoms with van der Waals surface area (Å²) in [5.41, 5.74) is -0.212. The van der Waals surface area contributed by atoms with Crippen LogP contribution in [0, 0.1) is 16.7 Å². The van der Waals surface area contributed by atoms with Crippen LogP contribution in [-0.2, 0) is 4.74 Å². The smallest absolute Gasteiger partial charge is 0.119 e. The van der Waals surface area contributed by atoms with Gasteiger partial charge in [-0.2, -0.15) is 5.26 Å². The topological polar surface area (TPSA) is 62.5 Å². The molecule has 0 bridgehead atoms. The predicted octanol–water partition coefficient (Wildman–Crippen LogP) is 2.42. The number of hydrogen-bond acceptors (Lipinski definition) is 4. The first-order valence-corrected chi connectivity index (χ1v) is 6.43. The Morgan fingerprint density at radius 3 is 2.94 bits per heavy atom. The van der Waals surface area contributed by atoms with E-state index < -0.39 is 11.5 Å². The van der Waals surface area contributed by atoms with Gasteiger partial charge in [0.05, 0.1) is 19.8 Å². The Morgan fingerprint density at radius 2 is 2.39 bits per heavy atom. The monoisotopic (exact) mass is 311 g/mol. The van der Waals surface area contributed by atoms with E-state index in [9.17, 15) is 10.4 Å². The number of benzene rings is 1. The summed E-state index contributed by atoms with van der Waals surface area (Å²) in [4.78, 5) is 0. The molecule has 2 atom stereocenters. The number of aliphatic hydroxyl groups is 1. The molecule has 2 unspecified atom stereocenters. The molecular weight excluding hydrogens is 298 g/mol. The van der Waals surface area contributed by atoms with E-state index in [2.05, 4.69) is 22.0 Å². The number of ether oxygens (including phenoxy) is 2. The summed E-state index contributed by atoms with van der Waals surface area (Å²) in [5.74, 6) is 0.652. The Kier molecular flexibility index (Phi) is 3.91. The highest BCUT2D eigenvalue weighted by Gasteiger charge is 2.43. The molecule has 1 aliphatic rings. The standard InChI is InChI=1S/C13H14BrNO3/c1-17-9-2-3-11(14)10(6-9)12(16)13(7-15)4-5-18-8-13/h2-3,6,12,16H,4-5,8H2,1H3. The van der Waals surface area contributed by atoms with Gasteiger partial charge < -0.3 is 14.6 Å². The lowest BCUT2D eigenvalue weighted by atomic mass is 9.79. The Labute approximate surface area is 114 Å². The second kappa shape index (κ2) is 5.27. The van der Waals surface area contributed by atoms with Crippen LogP contribution in [0.4, 0.5) is 0 Å². The van der Waals surface area contributed by atoms with Gasteiger partial charge in [-0.3, -0.25) is 0 Å². The number of nitriles is 1. The molecule has 0 saturated carbocycles. The lowest BCUT2D eigenvalue weighted by Gasteiger charge is -2.26. The summed E-state index contributed by atoms with van der Waals surface area (Å²) in [6.07, 6.45) is -0.358. The van der Waals surface area contributed by atoms with Gasteiger partial charge in [-0.05, 0) is 24.6 Å². The van der Waals surface area contributed by atoms with E-state index in [-0.39, 0.29) is 6.61 Å². The normalized spacial score (nSPS) is 24.6. The molecule has 0 spiro atoms. The van der Waals surface area contributed by atoms with Gasteiger partial charge >= 0.3 is 0 Å². The highest BCUT2D eigenvalue weighted by atomic mass is 79.9. The third-order valence-corrected chi connectivity index (χ3v) is 4.02. The summed E-state index contributed by atoms with van der Waals surface area (Å²) >= 11 is 3.39. The summed E-state index contributed by atoms with van der Waals surface area (Å²) in [6.45, 7) is 0.764. The van der Waals surface area contributed by atoms with E-state index in [1.807, 2.05) is 0 Å². The largest absolute Gasteiger partial charge is 0.497 e. The van der Waals surface area contributed by atoms with Gasteiger partial charge in [0.1, 0.15) is 17.3 Å². The van der Waals surface area contributed by atoms with Crippen molar-refractivity contribution >= 4 is 15.9 Å². The number of rotatable bonds is 3. The molecule has 18 heavy (non-hydrogen) atoms. The lowest BCUT2D eigenvalue weighted by molar-refractivity contribution is 0.0497. The van der Waals surface area contributed by atoms with Gasteiger partial charge in [0.25, 0.3) is 0 Å². The molecule has 0 radical (unpaired) electrons. The number of halogens is 1. The van der Waals surface area contributed by atoms with Crippen LogP contribution < -0.4 is 4.74 Å². The Morgan fingerprint density at radius 1 is 1.61 bits per heavy atom. The van der Waals surface area contributed by atoms with Gasteiger partial charge in [-0.15, -0.1) is 0 Å². The predicted molar refractivity (Wildman–Crippen MR) is 69.1 cm³/mol. The summed E-state index contributed by atoms with van der Waals surface area (Å²) in [5, 5.41) is 19.8. The molecule has 2 rings (SSSR count). The second-order valence-corrected chi connectivity index (χ2v) is 5.21. The third-order valence-electron chi connectivity index (χ3n) is 3.30. The molecule has 1 saturated heterocycles.